The number of imidazole rings is 1. The number of aryl methyl sites for hydroxylation is 1. The Kier molecular flexibility index (Phi) is 5.61. The van der Waals surface area contributed by atoms with Crippen molar-refractivity contribution < 1.29 is 0 Å². The van der Waals surface area contributed by atoms with E-state index in [-0.39, 0.29) is 0 Å². The second kappa shape index (κ2) is 7.23. The molecule has 4 nitrogen and oxygen atoms in total. The second-order valence-corrected chi connectivity index (χ2v) is 6.50. The molecule has 114 valence electrons. The summed E-state index contributed by atoms with van der Waals surface area (Å²) >= 11 is 0. The van der Waals surface area contributed by atoms with Crippen LogP contribution in [0.1, 0.15) is 39.4 Å². The molecule has 1 N–H and O–H groups in total. The van der Waals surface area contributed by atoms with Gasteiger partial charge in [-0.1, -0.05) is 20.8 Å². The van der Waals surface area contributed by atoms with E-state index in [9.17, 15) is 0 Å². The van der Waals surface area contributed by atoms with Crippen molar-refractivity contribution in [3.8, 4) is 0 Å². The molecule has 2 rings (SSSR count). The van der Waals surface area contributed by atoms with Crippen molar-refractivity contribution in [3.63, 3.8) is 0 Å². The second-order valence-electron chi connectivity index (χ2n) is 6.50. The van der Waals surface area contributed by atoms with E-state index in [1.54, 1.807) is 0 Å². The molecule has 2 unspecified atom stereocenters. The van der Waals surface area contributed by atoms with Gasteiger partial charge in [0.1, 0.15) is 5.82 Å². The van der Waals surface area contributed by atoms with Gasteiger partial charge in [0.25, 0.3) is 0 Å². The van der Waals surface area contributed by atoms with Gasteiger partial charge in [0, 0.05) is 57.6 Å². The van der Waals surface area contributed by atoms with Gasteiger partial charge in [-0.15, -0.1) is 0 Å². The lowest BCUT2D eigenvalue weighted by Crippen LogP contribution is -2.57. The van der Waals surface area contributed by atoms with Crippen LogP contribution in [0.4, 0.5) is 0 Å². The molecule has 0 bridgehead atoms. The Labute approximate surface area is 123 Å². The molecule has 20 heavy (non-hydrogen) atoms. The SMILES string of the molecule is CCC1CN(CCc2nccn2C)C(CC(C)C)CN1. The molecular weight excluding hydrogens is 248 g/mol. The van der Waals surface area contributed by atoms with Crippen LogP contribution in [-0.2, 0) is 13.5 Å². The summed E-state index contributed by atoms with van der Waals surface area (Å²) in [6, 6.07) is 1.33. The average molecular weight is 278 g/mol. The standard InChI is InChI=1S/C16H30N4/c1-5-14-12-20(15(11-18-14)10-13(2)3)8-6-16-17-7-9-19(16)4/h7,9,13-15,18H,5-6,8,10-12H2,1-4H3. The van der Waals surface area contributed by atoms with Crippen LogP contribution in [0.25, 0.3) is 0 Å². The van der Waals surface area contributed by atoms with Crippen molar-refractivity contribution in [2.75, 3.05) is 19.6 Å². The van der Waals surface area contributed by atoms with E-state index < -0.39 is 0 Å². The molecule has 0 aromatic carbocycles. The lowest BCUT2D eigenvalue weighted by Gasteiger charge is -2.41. The molecule has 1 aromatic rings. The van der Waals surface area contributed by atoms with Gasteiger partial charge in [-0.05, 0) is 18.8 Å². The topological polar surface area (TPSA) is 33.1 Å². The van der Waals surface area contributed by atoms with Gasteiger partial charge >= 0.3 is 0 Å². The molecule has 0 radical (unpaired) electrons. The Hall–Kier alpha value is -0.870. The van der Waals surface area contributed by atoms with Crippen molar-refractivity contribution in [3.05, 3.63) is 18.2 Å². The molecule has 1 aliphatic heterocycles. The Morgan fingerprint density at radius 2 is 2.25 bits per heavy atom. The van der Waals surface area contributed by atoms with E-state index in [1.165, 1.54) is 25.2 Å². The summed E-state index contributed by atoms with van der Waals surface area (Å²) in [4.78, 5) is 7.13. The average Bonchev–Trinajstić information content (AvgIpc) is 2.82. The summed E-state index contributed by atoms with van der Waals surface area (Å²) in [5, 5.41) is 3.70. The molecule has 0 amide bonds. The van der Waals surface area contributed by atoms with Crippen molar-refractivity contribution >= 4 is 0 Å². The van der Waals surface area contributed by atoms with Crippen LogP contribution in [0.5, 0.6) is 0 Å². The van der Waals surface area contributed by atoms with Crippen molar-refractivity contribution in [1.82, 2.24) is 19.8 Å². The molecule has 0 spiro atoms. The summed E-state index contributed by atoms with van der Waals surface area (Å²) in [5.41, 5.74) is 0. The van der Waals surface area contributed by atoms with Crippen LogP contribution in [0, 0.1) is 5.92 Å². The smallest absolute Gasteiger partial charge is 0.109 e. The first kappa shape index (κ1) is 15.5. The summed E-state index contributed by atoms with van der Waals surface area (Å²) in [6.07, 6.45) is 7.48. The van der Waals surface area contributed by atoms with Gasteiger partial charge in [0.05, 0.1) is 0 Å². The maximum absolute atomic E-state index is 4.45. The zero-order chi connectivity index (χ0) is 14.5. The fraction of sp³-hybridized carbons (Fsp3) is 0.812. The van der Waals surface area contributed by atoms with Crippen LogP contribution in [0.15, 0.2) is 12.4 Å². The van der Waals surface area contributed by atoms with E-state index in [2.05, 4.69) is 47.6 Å². The number of nitrogens with zero attached hydrogens (tertiary/aromatic N) is 3. The molecule has 1 aliphatic rings. The molecule has 1 saturated heterocycles. The Morgan fingerprint density at radius 3 is 2.85 bits per heavy atom. The summed E-state index contributed by atoms with van der Waals surface area (Å²) in [5.74, 6) is 1.95. The first-order valence-corrected chi connectivity index (χ1v) is 8.03. The summed E-state index contributed by atoms with van der Waals surface area (Å²) in [7, 11) is 2.08. The summed E-state index contributed by atoms with van der Waals surface area (Å²) in [6.45, 7) is 10.4. The minimum Gasteiger partial charge on any atom is -0.338 e. The number of aromatic nitrogens is 2. The number of nitrogens with one attached hydrogen (secondary N) is 1. The molecule has 1 aromatic heterocycles. The van der Waals surface area contributed by atoms with Crippen molar-refractivity contribution in [2.24, 2.45) is 13.0 Å². The van der Waals surface area contributed by atoms with E-state index in [0.29, 0.717) is 12.1 Å². The molecule has 1 fully saturated rings. The number of rotatable bonds is 6. The third kappa shape index (κ3) is 4.06. The lowest BCUT2D eigenvalue weighted by molar-refractivity contribution is 0.113. The van der Waals surface area contributed by atoms with E-state index in [0.717, 1.165) is 25.4 Å². The van der Waals surface area contributed by atoms with Gasteiger partial charge in [-0.2, -0.15) is 0 Å². The number of hydrogen-bond donors (Lipinski definition) is 1. The Morgan fingerprint density at radius 1 is 1.45 bits per heavy atom. The van der Waals surface area contributed by atoms with Gasteiger partial charge in [-0.3, -0.25) is 4.90 Å². The monoisotopic (exact) mass is 278 g/mol. The van der Waals surface area contributed by atoms with E-state index >= 15 is 0 Å². The third-order valence-electron chi connectivity index (χ3n) is 4.39. The maximum atomic E-state index is 4.45. The van der Waals surface area contributed by atoms with Gasteiger partial charge in [-0.25, -0.2) is 4.98 Å². The van der Waals surface area contributed by atoms with Crippen molar-refractivity contribution in [2.45, 2.75) is 52.1 Å². The van der Waals surface area contributed by atoms with E-state index in [4.69, 9.17) is 0 Å². The van der Waals surface area contributed by atoms with Gasteiger partial charge in [0.15, 0.2) is 0 Å². The first-order valence-electron chi connectivity index (χ1n) is 8.03. The molecular formula is C16H30N4. The predicted octanol–water partition coefficient (Wildman–Crippen LogP) is 2.06. The minimum atomic E-state index is 0.653. The normalized spacial score (nSPS) is 24.4. The zero-order valence-electron chi connectivity index (χ0n) is 13.5. The minimum absolute atomic E-state index is 0.653. The quantitative estimate of drug-likeness (QED) is 0.864. The number of piperazine rings is 1. The summed E-state index contributed by atoms with van der Waals surface area (Å²) < 4.78 is 2.14. The van der Waals surface area contributed by atoms with Crippen LogP contribution < -0.4 is 5.32 Å². The Balaban J connectivity index is 1.94. The first-order chi connectivity index (χ1) is 9.60. The molecule has 2 atom stereocenters. The van der Waals surface area contributed by atoms with Crippen LogP contribution in [0.2, 0.25) is 0 Å². The van der Waals surface area contributed by atoms with Crippen LogP contribution in [0.3, 0.4) is 0 Å². The van der Waals surface area contributed by atoms with Gasteiger partial charge < -0.3 is 9.88 Å². The highest BCUT2D eigenvalue weighted by molar-refractivity contribution is 4.94. The molecule has 4 heteroatoms. The largest absolute Gasteiger partial charge is 0.338 e. The highest BCUT2D eigenvalue weighted by atomic mass is 15.2. The maximum Gasteiger partial charge on any atom is 0.109 e. The fourth-order valence-electron chi connectivity index (χ4n) is 3.13. The molecule has 2 heterocycles. The van der Waals surface area contributed by atoms with Crippen LogP contribution in [-0.4, -0.2) is 46.2 Å². The number of hydrogen-bond acceptors (Lipinski definition) is 3. The van der Waals surface area contributed by atoms with E-state index in [1.807, 2.05) is 12.4 Å². The molecule has 0 aliphatic carbocycles. The lowest BCUT2D eigenvalue weighted by atomic mass is 9.98. The fourth-order valence-corrected chi connectivity index (χ4v) is 3.13. The predicted molar refractivity (Wildman–Crippen MR) is 83.8 cm³/mol. The highest BCUT2D eigenvalue weighted by Crippen LogP contribution is 2.17. The van der Waals surface area contributed by atoms with Gasteiger partial charge in [0.2, 0.25) is 0 Å². The van der Waals surface area contributed by atoms with Crippen LogP contribution >= 0.6 is 0 Å². The molecule has 0 saturated carbocycles. The highest BCUT2D eigenvalue weighted by Gasteiger charge is 2.27. The van der Waals surface area contributed by atoms with Crippen molar-refractivity contribution in [1.29, 1.82) is 0 Å². The Bertz CT molecular complexity index is 399. The zero-order valence-corrected chi connectivity index (χ0v) is 13.5. The third-order valence-corrected chi connectivity index (χ3v) is 4.39.